The van der Waals surface area contributed by atoms with E-state index < -0.39 is 5.72 Å². The van der Waals surface area contributed by atoms with Gasteiger partial charge in [0.15, 0.2) is 5.72 Å². The van der Waals surface area contributed by atoms with Gasteiger partial charge in [-0.1, -0.05) is 12.1 Å². The molecule has 0 N–H and O–H groups in total. The molecule has 2 aliphatic rings. The van der Waals surface area contributed by atoms with Crippen LogP contribution in [0, 0.1) is 6.92 Å². The molecule has 26 heavy (non-hydrogen) atoms. The molecule has 1 amide bonds. The molecule has 1 atom stereocenters. The summed E-state index contributed by atoms with van der Waals surface area (Å²) < 4.78 is 11.6. The topological polar surface area (TPSA) is 52.5 Å². The van der Waals surface area contributed by atoms with E-state index in [1.807, 2.05) is 36.2 Å². The van der Waals surface area contributed by atoms with Crippen molar-refractivity contribution < 1.29 is 13.9 Å². The van der Waals surface area contributed by atoms with Crippen molar-refractivity contribution in [2.75, 3.05) is 51.8 Å². The number of piperazine rings is 1. The molecule has 2 aliphatic heterocycles. The number of amides is 1. The summed E-state index contributed by atoms with van der Waals surface area (Å²) in [6.07, 6.45) is 5.38. The second-order valence-corrected chi connectivity index (χ2v) is 7.43. The van der Waals surface area contributed by atoms with Gasteiger partial charge >= 0.3 is 0 Å². The molecular formula is C20H25N3O3. The van der Waals surface area contributed by atoms with Gasteiger partial charge in [-0.05, 0) is 38.7 Å². The van der Waals surface area contributed by atoms with Gasteiger partial charge in [-0.15, -0.1) is 0 Å². The van der Waals surface area contributed by atoms with Crippen LogP contribution in [0.15, 0.2) is 41.0 Å². The fourth-order valence-corrected chi connectivity index (χ4v) is 3.55. The maximum Gasteiger partial charge on any atom is 0.246 e. The minimum absolute atomic E-state index is 0.0500. The smallest absolute Gasteiger partial charge is 0.246 e. The van der Waals surface area contributed by atoms with Crippen molar-refractivity contribution in [3.8, 4) is 0 Å². The Kier molecular flexibility index (Phi) is 4.25. The van der Waals surface area contributed by atoms with Gasteiger partial charge < -0.3 is 23.9 Å². The Morgan fingerprint density at radius 2 is 2.15 bits per heavy atom. The standard InChI is InChI=1S/C20H25N3O3/c1-15-6-7-16-17(12-25-18(16)11-15)23-10-9-22(13-20(23)14-26-20)19(24)5-4-8-21(2)3/h4-7,11-12H,8-10,13-14H2,1-3H3/b5-4+. The minimum Gasteiger partial charge on any atom is -0.462 e. The van der Waals surface area contributed by atoms with Crippen molar-refractivity contribution in [1.82, 2.24) is 9.80 Å². The number of hydrogen-bond donors (Lipinski definition) is 0. The summed E-state index contributed by atoms with van der Waals surface area (Å²) in [5.41, 5.74) is 2.70. The van der Waals surface area contributed by atoms with Crippen LogP contribution < -0.4 is 4.90 Å². The molecule has 6 nitrogen and oxygen atoms in total. The first kappa shape index (κ1) is 17.1. The van der Waals surface area contributed by atoms with Crippen LogP contribution in [0.5, 0.6) is 0 Å². The first-order valence-electron chi connectivity index (χ1n) is 8.98. The second-order valence-electron chi connectivity index (χ2n) is 7.43. The largest absolute Gasteiger partial charge is 0.462 e. The summed E-state index contributed by atoms with van der Waals surface area (Å²) in [5, 5.41) is 1.09. The molecule has 1 aromatic heterocycles. The summed E-state index contributed by atoms with van der Waals surface area (Å²) in [7, 11) is 3.97. The normalized spacial score (nSPS) is 22.9. The monoisotopic (exact) mass is 355 g/mol. The number of aryl methyl sites for hydroxylation is 1. The molecule has 1 spiro atoms. The Labute approximate surface area is 153 Å². The van der Waals surface area contributed by atoms with Crippen LogP contribution in [0.25, 0.3) is 11.0 Å². The van der Waals surface area contributed by atoms with Crippen LogP contribution >= 0.6 is 0 Å². The fourth-order valence-electron chi connectivity index (χ4n) is 3.55. The Morgan fingerprint density at radius 3 is 2.88 bits per heavy atom. The summed E-state index contributed by atoms with van der Waals surface area (Å²) in [6, 6.07) is 6.24. The third-order valence-corrected chi connectivity index (χ3v) is 5.04. The van der Waals surface area contributed by atoms with Crippen LogP contribution in [0.4, 0.5) is 5.69 Å². The highest BCUT2D eigenvalue weighted by Crippen LogP contribution is 2.42. The maximum absolute atomic E-state index is 12.5. The number of nitrogens with zero attached hydrogens (tertiary/aromatic N) is 3. The number of rotatable bonds is 4. The molecule has 0 radical (unpaired) electrons. The molecule has 3 heterocycles. The molecule has 2 saturated heterocycles. The highest BCUT2D eigenvalue weighted by molar-refractivity contribution is 5.92. The molecule has 4 rings (SSSR count). The molecule has 0 saturated carbocycles. The van der Waals surface area contributed by atoms with Gasteiger partial charge in [0.05, 0.1) is 18.8 Å². The average molecular weight is 355 g/mol. The lowest BCUT2D eigenvalue weighted by molar-refractivity contribution is -0.127. The van der Waals surface area contributed by atoms with E-state index in [4.69, 9.17) is 9.15 Å². The Hall–Kier alpha value is -2.31. The van der Waals surface area contributed by atoms with E-state index in [0.717, 1.165) is 29.7 Å². The first-order valence-corrected chi connectivity index (χ1v) is 8.98. The van der Waals surface area contributed by atoms with Crippen LogP contribution in [-0.4, -0.2) is 68.3 Å². The molecule has 0 bridgehead atoms. The van der Waals surface area contributed by atoms with Crippen molar-refractivity contribution >= 4 is 22.6 Å². The van der Waals surface area contributed by atoms with Crippen molar-refractivity contribution in [1.29, 1.82) is 0 Å². The molecule has 1 aromatic carbocycles. The number of ether oxygens (including phenoxy) is 1. The van der Waals surface area contributed by atoms with E-state index >= 15 is 0 Å². The summed E-state index contributed by atoms with van der Waals surface area (Å²) in [4.78, 5) is 18.6. The van der Waals surface area contributed by atoms with Crippen molar-refractivity contribution in [3.05, 3.63) is 42.2 Å². The lowest BCUT2D eigenvalue weighted by Gasteiger charge is -2.40. The van der Waals surface area contributed by atoms with E-state index in [0.29, 0.717) is 19.7 Å². The van der Waals surface area contributed by atoms with Gasteiger partial charge in [-0.2, -0.15) is 0 Å². The lowest BCUT2D eigenvalue weighted by atomic mass is 10.1. The number of hydrogen-bond acceptors (Lipinski definition) is 5. The van der Waals surface area contributed by atoms with Gasteiger partial charge in [0.25, 0.3) is 0 Å². The molecule has 1 unspecified atom stereocenters. The number of epoxide rings is 1. The lowest BCUT2D eigenvalue weighted by Crippen LogP contribution is -2.57. The van der Waals surface area contributed by atoms with E-state index in [9.17, 15) is 4.79 Å². The molecule has 138 valence electrons. The zero-order chi connectivity index (χ0) is 18.3. The van der Waals surface area contributed by atoms with Gasteiger partial charge in [-0.3, -0.25) is 4.79 Å². The molecular weight excluding hydrogens is 330 g/mol. The number of anilines is 1. The van der Waals surface area contributed by atoms with Crippen LogP contribution in [0.3, 0.4) is 0 Å². The van der Waals surface area contributed by atoms with Crippen LogP contribution in [-0.2, 0) is 9.53 Å². The summed E-state index contributed by atoms with van der Waals surface area (Å²) in [6.45, 7) is 5.44. The quantitative estimate of drug-likeness (QED) is 0.622. The number of benzene rings is 1. The second kappa shape index (κ2) is 6.45. The van der Waals surface area contributed by atoms with Crippen molar-refractivity contribution in [3.63, 3.8) is 0 Å². The summed E-state index contributed by atoms with van der Waals surface area (Å²) >= 11 is 0. The van der Waals surface area contributed by atoms with Crippen molar-refractivity contribution in [2.45, 2.75) is 12.6 Å². The number of carbonyl (C=O) groups is 1. The van der Waals surface area contributed by atoms with E-state index in [-0.39, 0.29) is 5.91 Å². The number of fused-ring (bicyclic) bond motifs is 1. The van der Waals surface area contributed by atoms with Gasteiger partial charge in [0, 0.05) is 31.1 Å². The molecule has 2 fully saturated rings. The Bertz CT molecular complexity index is 851. The number of likely N-dealkylation sites (N-methyl/N-ethyl adjacent to an activating group) is 1. The predicted octanol–water partition coefficient (Wildman–Crippen LogP) is 2.23. The van der Waals surface area contributed by atoms with E-state index in [2.05, 4.69) is 30.0 Å². The average Bonchev–Trinajstić information content (AvgIpc) is 3.23. The van der Waals surface area contributed by atoms with Gasteiger partial charge in [0.2, 0.25) is 5.91 Å². The third-order valence-electron chi connectivity index (χ3n) is 5.04. The van der Waals surface area contributed by atoms with Crippen molar-refractivity contribution in [2.24, 2.45) is 0 Å². The highest BCUT2D eigenvalue weighted by Gasteiger charge is 2.55. The first-order chi connectivity index (χ1) is 12.5. The van der Waals surface area contributed by atoms with Crippen LogP contribution in [0.1, 0.15) is 5.56 Å². The van der Waals surface area contributed by atoms with Gasteiger partial charge in [-0.25, -0.2) is 0 Å². The predicted molar refractivity (Wildman–Crippen MR) is 101 cm³/mol. The molecule has 2 aromatic rings. The fraction of sp³-hybridized carbons (Fsp3) is 0.450. The van der Waals surface area contributed by atoms with E-state index in [1.165, 1.54) is 5.56 Å². The molecule has 6 heteroatoms. The summed E-state index contributed by atoms with van der Waals surface area (Å²) in [5.74, 6) is 0.0500. The molecule has 0 aliphatic carbocycles. The Balaban J connectivity index is 1.51. The van der Waals surface area contributed by atoms with Gasteiger partial charge in [0.1, 0.15) is 11.8 Å². The van der Waals surface area contributed by atoms with E-state index in [1.54, 1.807) is 6.08 Å². The number of furan rings is 1. The Morgan fingerprint density at radius 1 is 1.35 bits per heavy atom. The highest BCUT2D eigenvalue weighted by atomic mass is 16.6. The zero-order valence-electron chi connectivity index (χ0n) is 15.6. The SMILES string of the molecule is Cc1ccc2c(N3CCN(C(=O)/C=C/CN(C)C)CC34CO4)coc2c1. The third kappa shape index (κ3) is 3.10. The maximum atomic E-state index is 12.5. The minimum atomic E-state index is -0.412. The zero-order valence-corrected chi connectivity index (χ0v) is 15.6. The number of carbonyl (C=O) groups excluding carboxylic acids is 1. The van der Waals surface area contributed by atoms with Crippen LogP contribution in [0.2, 0.25) is 0 Å².